The monoisotopic (exact) mass is 805 g/mol. The molecule has 2 atom stereocenters. The fourth-order valence-corrected chi connectivity index (χ4v) is 7.63. The van der Waals surface area contributed by atoms with Crippen LogP contribution in [0.4, 0.5) is 13.6 Å². The number of amides is 3. The second-order valence-corrected chi connectivity index (χ2v) is 14.4. The van der Waals surface area contributed by atoms with Crippen molar-refractivity contribution in [2.45, 2.75) is 50.4 Å². The molecule has 0 aliphatic carbocycles. The molecular weight excluding hydrogens is 771 g/mol. The highest BCUT2D eigenvalue weighted by molar-refractivity contribution is 6.39. The Labute approximate surface area is 328 Å². The Morgan fingerprint density at radius 3 is 2.38 bits per heavy atom. The van der Waals surface area contributed by atoms with Crippen LogP contribution in [0.1, 0.15) is 30.4 Å². The summed E-state index contributed by atoms with van der Waals surface area (Å²) >= 11 is 14.1. The van der Waals surface area contributed by atoms with Gasteiger partial charge < -0.3 is 30.7 Å². The molecular formula is C39H35Cl2F2N7O6. The molecule has 3 aromatic heterocycles. The normalized spacial score (nSPS) is 17.5. The van der Waals surface area contributed by atoms with Crippen LogP contribution in [0.15, 0.2) is 77.9 Å². The highest BCUT2D eigenvalue weighted by Crippen LogP contribution is 2.42. The summed E-state index contributed by atoms with van der Waals surface area (Å²) in [6.07, 6.45) is 2.19. The summed E-state index contributed by atoms with van der Waals surface area (Å²) in [7, 11) is 1.45. The average Bonchev–Trinajstić information content (AvgIpc) is 3.71. The lowest BCUT2D eigenvalue weighted by Gasteiger charge is -2.23. The zero-order valence-corrected chi connectivity index (χ0v) is 31.3. The van der Waals surface area contributed by atoms with Gasteiger partial charge in [-0.2, -0.15) is 8.78 Å². The second kappa shape index (κ2) is 15.8. The molecule has 17 heteroatoms. The van der Waals surface area contributed by atoms with Crippen molar-refractivity contribution in [3.05, 3.63) is 105 Å². The van der Waals surface area contributed by atoms with Crippen molar-refractivity contribution in [1.29, 1.82) is 0 Å². The highest BCUT2D eigenvalue weighted by Gasteiger charge is 2.47. The van der Waals surface area contributed by atoms with Crippen LogP contribution in [0.5, 0.6) is 5.88 Å². The van der Waals surface area contributed by atoms with Gasteiger partial charge in [0.2, 0.25) is 11.8 Å². The number of carbonyl (C=O) groups is 3. The molecule has 56 heavy (non-hydrogen) atoms. The first kappa shape index (κ1) is 38.6. The van der Waals surface area contributed by atoms with Crippen LogP contribution in [0.25, 0.3) is 39.2 Å². The maximum Gasteiger partial charge on any atom is 0.407 e. The number of fused-ring (bicyclic) bond motifs is 1. The minimum absolute atomic E-state index is 0.000288. The number of methoxy groups -OCH3 is 1. The second-order valence-electron chi connectivity index (χ2n) is 13.6. The SMILES string of the molecule is COc1nc(-c2cccc(-c3cccc(-c4ccn5c(=O)c(CNCC6CC(F)(F)C(=O)N6)cnc5c4)c3Cl)c2Cl)ccc1CN(C[C@@H]1CCC(=O)N1)C(=O)O. The summed E-state index contributed by atoms with van der Waals surface area (Å²) in [5.74, 6) is -4.57. The van der Waals surface area contributed by atoms with Gasteiger partial charge in [0.05, 0.1) is 29.4 Å². The number of aromatic nitrogens is 3. The van der Waals surface area contributed by atoms with E-state index in [1.165, 1.54) is 22.6 Å². The first-order valence-electron chi connectivity index (χ1n) is 17.6. The van der Waals surface area contributed by atoms with Gasteiger partial charge in [-0.15, -0.1) is 0 Å². The van der Waals surface area contributed by atoms with Gasteiger partial charge in [-0.3, -0.25) is 18.8 Å². The van der Waals surface area contributed by atoms with E-state index in [0.717, 1.165) is 0 Å². The van der Waals surface area contributed by atoms with Crippen molar-refractivity contribution in [2.75, 3.05) is 20.2 Å². The summed E-state index contributed by atoms with van der Waals surface area (Å²) in [5, 5.41) is 18.6. The van der Waals surface area contributed by atoms with Crippen LogP contribution in [-0.4, -0.2) is 80.5 Å². The van der Waals surface area contributed by atoms with Crippen molar-refractivity contribution in [1.82, 2.24) is 35.2 Å². The molecule has 290 valence electrons. The summed E-state index contributed by atoms with van der Waals surface area (Å²) in [6.45, 7) is 0.268. The van der Waals surface area contributed by atoms with E-state index in [1.807, 2.05) is 30.3 Å². The van der Waals surface area contributed by atoms with Gasteiger partial charge in [0.1, 0.15) is 5.65 Å². The fraction of sp³-hybridized carbons (Fsp3) is 0.282. The molecule has 2 aromatic carbocycles. The van der Waals surface area contributed by atoms with Crippen LogP contribution in [0.3, 0.4) is 0 Å². The lowest BCUT2D eigenvalue weighted by atomic mass is 9.97. The topological polar surface area (TPSA) is 167 Å². The molecule has 2 saturated heterocycles. The van der Waals surface area contributed by atoms with Crippen molar-refractivity contribution in [3.63, 3.8) is 0 Å². The molecule has 1 unspecified atom stereocenters. The molecule has 7 rings (SSSR count). The Bertz CT molecular complexity index is 2430. The van der Waals surface area contributed by atoms with E-state index in [-0.39, 0.29) is 49.6 Å². The minimum atomic E-state index is -3.40. The number of carboxylic acid groups (broad SMARTS) is 1. The zero-order chi connectivity index (χ0) is 39.7. The van der Waals surface area contributed by atoms with Gasteiger partial charge in [-0.1, -0.05) is 59.6 Å². The van der Waals surface area contributed by atoms with E-state index in [9.17, 15) is 33.1 Å². The minimum Gasteiger partial charge on any atom is -0.481 e. The highest BCUT2D eigenvalue weighted by atomic mass is 35.5. The Hall–Kier alpha value is -5.64. The number of alkyl halides is 2. The van der Waals surface area contributed by atoms with Gasteiger partial charge in [0.25, 0.3) is 11.5 Å². The molecule has 13 nitrogen and oxygen atoms in total. The Morgan fingerprint density at radius 2 is 1.71 bits per heavy atom. The predicted octanol–water partition coefficient (Wildman–Crippen LogP) is 5.78. The number of rotatable bonds is 12. The van der Waals surface area contributed by atoms with Gasteiger partial charge >= 0.3 is 12.0 Å². The van der Waals surface area contributed by atoms with Gasteiger partial charge in [-0.05, 0) is 36.2 Å². The van der Waals surface area contributed by atoms with Gasteiger partial charge in [-0.25, -0.2) is 14.8 Å². The summed E-state index contributed by atoms with van der Waals surface area (Å²) in [6, 6.07) is 16.9. The molecule has 0 radical (unpaired) electrons. The number of halogens is 4. The molecule has 5 heterocycles. The summed E-state index contributed by atoms with van der Waals surface area (Å²) in [5.41, 5.74) is 4.57. The van der Waals surface area contributed by atoms with Crippen LogP contribution in [-0.2, 0) is 22.7 Å². The quantitative estimate of drug-likeness (QED) is 0.122. The standard InChI is InChI=1S/C39H35Cl2F2N7O6/c1-56-35-22(19-49(38(54)55)20-24-9-11-32(51)46-24)8-10-30(48-35)29-7-3-6-28(34(29)41)27-5-2-4-26(33(27)40)21-12-13-50-31(14-21)45-17-23(36(50)52)16-44-18-25-15-39(42,43)37(53)47-25/h2-8,10,12-14,17,24-25,44H,9,11,15-16,18-20H2,1H3,(H,46,51)(H,47,53)(H,54,55)/t24-,25?/m0/s1. The van der Waals surface area contributed by atoms with Crippen molar-refractivity contribution < 1.29 is 33.0 Å². The van der Waals surface area contributed by atoms with Crippen LogP contribution in [0, 0.1) is 0 Å². The van der Waals surface area contributed by atoms with Crippen LogP contribution >= 0.6 is 23.2 Å². The number of carbonyl (C=O) groups excluding carboxylic acids is 2. The van der Waals surface area contributed by atoms with Crippen LogP contribution < -0.4 is 26.2 Å². The third kappa shape index (κ3) is 7.88. The van der Waals surface area contributed by atoms with E-state index in [0.29, 0.717) is 73.2 Å². The fourth-order valence-electron chi connectivity index (χ4n) is 6.96. The zero-order valence-electron chi connectivity index (χ0n) is 29.8. The average molecular weight is 807 g/mol. The number of nitrogens with one attached hydrogen (secondary N) is 3. The number of pyridine rings is 2. The maximum atomic E-state index is 13.5. The van der Waals surface area contributed by atoms with Crippen molar-refractivity contribution >= 4 is 46.8 Å². The third-order valence-electron chi connectivity index (χ3n) is 9.82. The number of ether oxygens (including phenoxy) is 1. The van der Waals surface area contributed by atoms with E-state index >= 15 is 0 Å². The number of nitrogens with zero attached hydrogens (tertiary/aromatic N) is 4. The van der Waals surface area contributed by atoms with E-state index < -0.39 is 30.4 Å². The van der Waals surface area contributed by atoms with Gasteiger partial charge in [0, 0.05) is 90.3 Å². The van der Waals surface area contributed by atoms with Crippen molar-refractivity contribution in [2.24, 2.45) is 0 Å². The van der Waals surface area contributed by atoms with Crippen LogP contribution in [0.2, 0.25) is 10.0 Å². The molecule has 3 amide bonds. The molecule has 0 bridgehead atoms. The smallest absolute Gasteiger partial charge is 0.407 e. The number of benzene rings is 2. The number of hydrogen-bond acceptors (Lipinski definition) is 8. The van der Waals surface area contributed by atoms with Crippen molar-refractivity contribution in [3.8, 4) is 39.4 Å². The van der Waals surface area contributed by atoms with E-state index in [1.54, 1.807) is 36.5 Å². The molecule has 4 N–H and O–H groups in total. The largest absolute Gasteiger partial charge is 0.481 e. The summed E-state index contributed by atoms with van der Waals surface area (Å²) in [4.78, 5) is 58.7. The molecule has 2 aliphatic heterocycles. The third-order valence-corrected chi connectivity index (χ3v) is 10.6. The lowest BCUT2D eigenvalue weighted by molar-refractivity contribution is -0.139. The molecule has 5 aromatic rings. The van der Waals surface area contributed by atoms with Gasteiger partial charge in [0.15, 0.2) is 0 Å². The van der Waals surface area contributed by atoms with E-state index in [4.69, 9.17) is 27.9 Å². The number of hydrogen-bond donors (Lipinski definition) is 4. The first-order chi connectivity index (χ1) is 26.8. The molecule has 2 aliphatic rings. The summed E-state index contributed by atoms with van der Waals surface area (Å²) < 4.78 is 34.1. The molecule has 2 fully saturated rings. The Balaban J connectivity index is 1.11. The first-order valence-corrected chi connectivity index (χ1v) is 18.4. The Morgan fingerprint density at radius 1 is 1.00 bits per heavy atom. The molecule has 0 spiro atoms. The maximum absolute atomic E-state index is 13.5. The van der Waals surface area contributed by atoms with E-state index in [2.05, 4.69) is 25.9 Å². The molecule has 0 saturated carbocycles. The lowest BCUT2D eigenvalue weighted by Crippen LogP contribution is -2.41. The predicted molar refractivity (Wildman–Crippen MR) is 205 cm³/mol. The Kier molecular flexibility index (Phi) is 10.9.